The number of sulfonamides is 1. The first-order valence-corrected chi connectivity index (χ1v) is 8.12. The Morgan fingerprint density at radius 3 is 2.74 bits per heavy atom. The summed E-state index contributed by atoms with van der Waals surface area (Å²) in [7, 11) is -2.23. The Morgan fingerprint density at radius 1 is 1.53 bits per heavy atom. The summed E-state index contributed by atoms with van der Waals surface area (Å²) in [5.74, 6) is -0.796. The summed E-state index contributed by atoms with van der Waals surface area (Å²) >= 11 is 1.14. The summed E-state index contributed by atoms with van der Waals surface area (Å²) in [6, 6.07) is 0. The first-order valence-electron chi connectivity index (χ1n) is 5.86. The van der Waals surface area contributed by atoms with Gasteiger partial charge in [-0.25, -0.2) is 13.4 Å². The summed E-state index contributed by atoms with van der Waals surface area (Å²) < 4.78 is 31.1. The standard InChI is InChI=1S/C11H16N2O4S2/c1-7-5-13(6-9(7)11(14)17-3)19(15,16)10-4-12-8(2)18-10/h4,7,9H,5-6H2,1-3H3. The minimum atomic E-state index is -3.54. The molecule has 0 N–H and O–H groups in total. The number of thiazole rings is 1. The predicted octanol–water partition coefficient (Wildman–Crippen LogP) is 0.881. The van der Waals surface area contributed by atoms with Gasteiger partial charge in [-0.1, -0.05) is 6.92 Å². The molecule has 8 heteroatoms. The van der Waals surface area contributed by atoms with Crippen LogP contribution in [0.5, 0.6) is 0 Å². The largest absolute Gasteiger partial charge is 0.469 e. The number of ether oxygens (including phenoxy) is 1. The quantitative estimate of drug-likeness (QED) is 0.775. The number of carbonyl (C=O) groups excluding carboxylic acids is 1. The van der Waals surface area contributed by atoms with Crippen molar-refractivity contribution in [3.8, 4) is 0 Å². The molecule has 6 nitrogen and oxygen atoms in total. The molecule has 1 saturated heterocycles. The average Bonchev–Trinajstić information content (AvgIpc) is 2.95. The van der Waals surface area contributed by atoms with Crippen LogP contribution in [-0.2, 0) is 19.6 Å². The van der Waals surface area contributed by atoms with Gasteiger partial charge >= 0.3 is 5.97 Å². The van der Waals surface area contributed by atoms with Crippen molar-refractivity contribution in [2.24, 2.45) is 11.8 Å². The van der Waals surface area contributed by atoms with Crippen LogP contribution in [0.4, 0.5) is 0 Å². The maximum absolute atomic E-state index is 12.4. The zero-order valence-electron chi connectivity index (χ0n) is 11.0. The molecule has 1 aromatic heterocycles. The van der Waals surface area contributed by atoms with E-state index < -0.39 is 15.9 Å². The van der Waals surface area contributed by atoms with Crippen molar-refractivity contribution >= 4 is 27.3 Å². The molecule has 0 saturated carbocycles. The van der Waals surface area contributed by atoms with Gasteiger partial charge in [0.2, 0.25) is 0 Å². The SMILES string of the molecule is COC(=O)C1CN(S(=O)(=O)c2cnc(C)s2)CC1C. The van der Waals surface area contributed by atoms with E-state index in [0.29, 0.717) is 11.6 Å². The number of carbonyl (C=O) groups is 1. The van der Waals surface area contributed by atoms with Gasteiger partial charge in [-0.15, -0.1) is 11.3 Å². The number of nitrogens with zero attached hydrogens (tertiary/aromatic N) is 2. The molecule has 2 heterocycles. The monoisotopic (exact) mass is 304 g/mol. The Morgan fingerprint density at radius 2 is 2.21 bits per heavy atom. The first kappa shape index (κ1) is 14.4. The molecule has 0 aliphatic carbocycles. The Labute approximate surface area is 116 Å². The number of hydrogen-bond donors (Lipinski definition) is 0. The van der Waals surface area contributed by atoms with Gasteiger partial charge in [-0.3, -0.25) is 4.79 Å². The minimum Gasteiger partial charge on any atom is -0.469 e. The second-order valence-electron chi connectivity index (χ2n) is 4.63. The van der Waals surface area contributed by atoms with Gasteiger partial charge in [0, 0.05) is 13.1 Å². The number of rotatable bonds is 3. The third-order valence-electron chi connectivity index (χ3n) is 3.28. The van der Waals surface area contributed by atoms with E-state index in [1.165, 1.54) is 17.6 Å². The van der Waals surface area contributed by atoms with Crippen molar-refractivity contribution in [2.45, 2.75) is 18.1 Å². The fraction of sp³-hybridized carbons (Fsp3) is 0.636. The Kier molecular flexibility index (Phi) is 3.93. The van der Waals surface area contributed by atoms with E-state index in [1.54, 1.807) is 6.92 Å². The van der Waals surface area contributed by atoms with Crippen LogP contribution in [0.1, 0.15) is 11.9 Å². The molecule has 0 spiro atoms. The van der Waals surface area contributed by atoms with Crippen LogP contribution >= 0.6 is 11.3 Å². The third-order valence-corrected chi connectivity index (χ3v) is 6.46. The lowest BCUT2D eigenvalue weighted by atomic mass is 9.99. The van der Waals surface area contributed by atoms with Crippen molar-refractivity contribution in [1.82, 2.24) is 9.29 Å². The van der Waals surface area contributed by atoms with E-state index in [9.17, 15) is 13.2 Å². The maximum atomic E-state index is 12.4. The molecular weight excluding hydrogens is 288 g/mol. The summed E-state index contributed by atoms with van der Waals surface area (Å²) in [4.78, 5) is 15.5. The van der Waals surface area contributed by atoms with Gasteiger partial charge in [-0.05, 0) is 12.8 Å². The summed E-state index contributed by atoms with van der Waals surface area (Å²) in [5.41, 5.74) is 0. The predicted molar refractivity (Wildman–Crippen MR) is 70.3 cm³/mol. The molecule has 1 aliphatic heterocycles. The topological polar surface area (TPSA) is 76.6 Å². The van der Waals surface area contributed by atoms with E-state index >= 15 is 0 Å². The molecule has 0 aromatic carbocycles. The highest BCUT2D eigenvalue weighted by Gasteiger charge is 2.41. The lowest BCUT2D eigenvalue weighted by Gasteiger charge is -2.14. The van der Waals surface area contributed by atoms with E-state index in [2.05, 4.69) is 4.98 Å². The van der Waals surface area contributed by atoms with E-state index in [4.69, 9.17) is 4.74 Å². The van der Waals surface area contributed by atoms with Gasteiger partial charge in [0.05, 0.1) is 24.2 Å². The normalized spacial score (nSPS) is 24.6. The van der Waals surface area contributed by atoms with Crippen LogP contribution in [0.25, 0.3) is 0 Å². The molecule has 2 atom stereocenters. The van der Waals surface area contributed by atoms with Crippen molar-refractivity contribution in [3.05, 3.63) is 11.2 Å². The molecular formula is C11H16N2O4S2. The van der Waals surface area contributed by atoms with Gasteiger partial charge in [0.15, 0.2) is 4.21 Å². The van der Waals surface area contributed by atoms with Gasteiger partial charge < -0.3 is 4.74 Å². The smallest absolute Gasteiger partial charge is 0.310 e. The van der Waals surface area contributed by atoms with Gasteiger partial charge in [-0.2, -0.15) is 4.31 Å². The fourth-order valence-electron chi connectivity index (χ4n) is 2.17. The van der Waals surface area contributed by atoms with Crippen LogP contribution in [0, 0.1) is 18.8 Å². The highest BCUT2D eigenvalue weighted by Crippen LogP contribution is 2.31. The second-order valence-corrected chi connectivity index (χ2v) is 8.03. The molecule has 1 aliphatic rings. The number of aromatic nitrogens is 1. The van der Waals surface area contributed by atoms with Crippen LogP contribution in [-0.4, -0.2) is 43.9 Å². The zero-order chi connectivity index (χ0) is 14.2. The lowest BCUT2D eigenvalue weighted by Crippen LogP contribution is -2.29. The molecule has 2 unspecified atom stereocenters. The Bertz CT molecular complexity index is 581. The van der Waals surface area contributed by atoms with Crippen molar-refractivity contribution < 1.29 is 17.9 Å². The number of hydrogen-bond acceptors (Lipinski definition) is 6. The average molecular weight is 304 g/mol. The third kappa shape index (κ3) is 2.65. The first-order chi connectivity index (χ1) is 8.86. The zero-order valence-corrected chi connectivity index (χ0v) is 12.6. The Hall–Kier alpha value is -0.990. The summed E-state index contributed by atoms with van der Waals surface area (Å²) in [6.07, 6.45) is 1.37. The Balaban J connectivity index is 2.22. The van der Waals surface area contributed by atoms with Crippen LogP contribution in [0.3, 0.4) is 0 Å². The highest BCUT2D eigenvalue weighted by atomic mass is 32.2. The number of methoxy groups -OCH3 is 1. The molecule has 1 aromatic rings. The fourth-order valence-corrected chi connectivity index (χ4v) is 5.00. The molecule has 0 radical (unpaired) electrons. The lowest BCUT2D eigenvalue weighted by molar-refractivity contribution is -0.145. The van der Waals surface area contributed by atoms with Gasteiger partial charge in [0.25, 0.3) is 10.0 Å². The molecule has 0 amide bonds. The van der Waals surface area contributed by atoms with E-state index in [0.717, 1.165) is 11.3 Å². The molecule has 106 valence electrons. The van der Waals surface area contributed by atoms with Crippen molar-refractivity contribution in [3.63, 3.8) is 0 Å². The molecule has 2 rings (SSSR count). The van der Waals surface area contributed by atoms with Crippen molar-refractivity contribution in [2.75, 3.05) is 20.2 Å². The van der Waals surface area contributed by atoms with Gasteiger partial charge in [0.1, 0.15) is 0 Å². The van der Waals surface area contributed by atoms with Crippen LogP contribution in [0.2, 0.25) is 0 Å². The minimum absolute atomic E-state index is 0.0451. The summed E-state index contributed by atoms with van der Waals surface area (Å²) in [5, 5.41) is 0.704. The highest BCUT2D eigenvalue weighted by molar-refractivity contribution is 7.91. The van der Waals surface area contributed by atoms with Crippen molar-refractivity contribution in [1.29, 1.82) is 0 Å². The molecule has 19 heavy (non-hydrogen) atoms. The van der Waals surface area contributed by atoms with E-state index in [-0.39, 0.29) is 22.6 Å². The number of esters is 1. The molecule has 1 fully saturated rings. The van der Waals surface area contributed by atoms with E-state index in [1.807, 2.05) is 6.92 Å². The van der Waals surface area contributed by atoms with Crippen LogP contribution in [0.15, 0.2) is 10.4 Å². The second kappa shape index (κ2) is 5.18. The number of aryl methyl sites for hydroxylation is 1. The molecule has 0 bridgehead atoms. The van der Waals surface area contributed by atoms with Crippen LogP contribution < -0.4 is 0 Å². The maximum Gasteiger partial charge on any atom is 0.310 e. The summed E-state index contributed by atoms with van der Waals surface area (Å²) in [6.45, 7) is 4.12.